The first-order valence-corrected chi connectivity index (χ1v) is 6.26. The van der Waals surface area contributed by atoms with Gasteiger partial charge < -0.3 is 10.5 Å². The van der Waals surface area contributed by atoms with E-state index in [0.717, 1.165) is 24.1 Å². The van der Waals surface area contributed by atoms with E-state index in [1.54, 1.807) is 0 Å². The molecular weight excluding hydrogens is 224 g/mol. The first kappa shape index (κ1) is 12.4. The Bertz CT molecular complexity index is 497. The first-order valence-electron chi connectivity index (χ1n) is 6.26. The number of nitrogen functional groups attached to an aromatic ring is 1. The molecule has 18 heavy (non-hydrogen) atoms. The van der Waals surface area contributed by atoms with E-state index in [1.807, 2.05) is 42.5 Å². The number of nitrogens with two attached hydrogens (primary N) is 1. The van der Waals surface area contributed by atoms with Gasteiger partial charge in [-0.25, -0.2) is 4.98 Å². The topological polar surface area (TPSA) is 48.1 Å². The molecule has 3 heteroatoms. The Morgan fingerprint density at radius 3 is 2.61 bits per heavy atom. The first-order chi connectivity index (χ1) is 8.81. The summed E-state index contributed by atoms with van der Waals surface area (Å²) in [7, 11) is 0. The normalized spacial score (nSPS) is 10.3. The Labute approximate surface area is 108 Å². The van der Waals surface area contributed by atoms with Crippen LogP contribution in [-0.2, 0) is 0 Å². The van der Waals surface area contributed by atoms with E-state index >= 15 is 0 Å². The van der Waals surface area contributed by atoms with Gasteiger partial charge in [0, 0.05) is 5.56 Å². The average molecular weight is 242 g/mol. The highest BCUT2D eigenvalue weighted by atomic mass is 16.5. The standard InChI is InChI=1S/C15H18N2O/c1-2-3-11-18-15-13(16)9-10-14(17-15)12-7-5-4-6-8-12/h4-10H,2-3,11,16H2,1H3. The fraction of sp³-hybridized carbons (Fsp3) is 0.267. The van der Waals surface area contributed by atoms with Crippen LogP contribution in [0.2, 0.25) is 0 Å². The minimum atomic E-state index is 0.532. The largest absolute Gasteiger partial charge is 0.476 e. The lowest BCUT2D eigenvalue weighted by Crippen LogP contribution is -2.02. The monoisotopic (exact) mass is 242 g/mol. The Balaban J connectivity index is 2.21. The third-order valence-electron chi connectivity index (χ3n) is 2.70. The summed E-state index contributed by atoms with van der Waals surface area (Å²) in [4.78, 5) is 4.47. The third kappa shape index (κ3) is 3.00. The molecule has 0 amide bonds. The second-order valence-corrected chi connectivity index (χ2v) is 4.16. The average Bonchev–Trinajstić information content (AvgIpc) is 2.42. The van der Waals surface area contributed by atoms with Crippen LogP contribution in [0.4, 0.5) is 5.69 Å². The summed E-state index contributed by atoms with van der Waals surface area (Å²) in [5.41, 5.74) is 8.40. The van der Waals surface area contributed by atoms with Crippen molar-refractivity contribution in [2.24, 2.45) is 0 Å². The highest BCUT2D eigenvalue weighted by Gasteiger charge is 2.05. The molecule has 0 saturated carbocycles. The van der Waals surface area contributed by atoms with E-state index in [-0.39, 0.29) is 0 Å². The van der Waals surface area contributed by atoms with Crippen LogP contribution in [0.3, 0.4) is 0 Å². The van der Waals surface area contributed by atoms with Gasteiger partial charge >= 0.3 is 0 Å². The zero-order chi connectivity index (χ0) is 12.8. The summed E-state index contributed by atoms with van der Waals surface area (Å²) < 4.78 is 5.60. The summed E-state index contributed by atoms with van der Waals surface area (Å²) in [5, 5.41) is 0. The molecule has 0 fully saturated rings. The van der Waals surface area contributed by atoms with Gasteiger partial charge in [0.2, 0.25) is 5.88 Å². The van der Waals surface area contributed by atoms with Crippen molar-refractivity contribution >= 4 is 5.69 Å². The maximum Gasteiger partial charge on any atom is 0.237 e. The Kier molecular flexibility index (Phi) is 4.18. The molecule has 0 aliphatic rings. The van der Waals surface area contributed by atoms with Crippen LogP contribution >= 0.6 is 0 Å². The third-order valence-corrected chi connectivity index (χ3v) is 2.70. The minimum Gasteiger partial charge on any atom is -0.476 e. The summed E-state index contributed by atoms with van der Waals surface area (Å²) in [6.07, 6.45) is 2.11. The number of hydrogen-bond donors (Lipinski definition) is 1. The number of pyridine rings is 1. The molecule has 0 atom stereocenters. The van der Waals surface area contributed by atoms with Gasteiger partial charge in [-0.15, -0.1) is 0 Å². The molecule has 1 aromatic carbocycles. The van der Waals surface area contributed by atoms with E-state index in [0.29, 0.717) is 18.2 Å². The number of aromatic nitrogens is 1. The molecule has 2 rings (SSSR count). The second-order valence-electron chi connectivity index (χ2n) is 4.16. The number of benzene rings is 1. The molecule has 0 unspecified atom stereocenters. The molecular formula is C15H18N2O. The van der Waals surface area contributed by atoms with E-state index in [4.69, 9.17) is 10.5 Å². The summed E-state index contributed by atoms with van der Waals surface area (Å²) in [5.74, 6) is 0.532. The Morgan fingerprint density at radius 1 is 1.11 bits per heavy atom. The van der Waals surface area contributed by atoms with Crippen molar-refractivity contribution in [3.8, 4) is 17.1 Å². The second kappa shape index (κ2) is 6.05. The van der Waals surface area contributed by atoms with Crippen LogP contribution in [-0.4, -0.2) is 11.6 Å². The van der Waals surface area contributed by atoms with Crippen molar-refractivity contribution in [2.45, 2.75) is 19.8 Å². The predicted molar refractivity (Wildman–Crippen MR) is 74.5 cm³/mol. The van der Waals surface area contributed by atoms with Crippen LogP contribution in [0.1, 0.15) is 19.8 Å². The zero-order valence-electron chi connectivity index (χ0n) is 10.6. The molecule has 0 aliphatic carbocycles. The van der Waals surface area contributed by atoms with Gasteiger partial charge in [-0.05, 0) is 18.6 Å². The van der Waals surface area contributed by atoms with E-state index < -0.39 is 0 Å². The van der Waals surface area contributed by atoms with Gasteiger partial charge in [0.15, 0.2) is 0 Å². The Hall–Kier alpha value is -2.03. The molecule has 0 spiro atoms. The lowest BCUT2D eigenvalue weighted by molar-refractivity contribution is 0.300. The number of hydrogen-bond acceptors (Lipinski definition) is 3. The van der Waals surface area contributed by atoms with Gasteiger partial charge in [-0.3, -0.25) is 0 Å². The van der Waals surface area contributed by atoms with E-state index in [9.17, 15) is 0 Å². The number of rotatable bonds is 5. The smallest absolute Gasteiger partial charge is 0.237 e. The minimum absolute atomic E-state index is 0.532. The number of nitrogens with zero attached hydrogens (tertiary/aromatic N) is 1. The maximum atomic E-state index is 5.86. The van der Waals surface area contributed by atoms with Crippen LogP contribution in [0.25, 0.3) is 11.3 Å². The predicted octanol–water partition coefficient (Wildman–Crippen LogP) is 3.51. The molecule has 0 radical (unpaired) electrons. The number of unbranched alkanes of at least 4 members (excludes halogenated alkanes) is 1. The fourth-order valence-corrected chi connectivity index (χ4v) is 1.65. The van der Waals surface area contributed by atoms with Crippen LogP contribution in [0, 0.1) is 0 Å². The molecule has 1 aromatic heterocycles. The highest BCUT2D eigenvalue weighted by Crippen LogP contribution is 2.24. The van der Waals surface area contributed by atoms with Crippen molar-refractivity contribution < 1.29 is 4.74 Å². The van der Waals surface area contributed by atoms with Crippen molar-refractivity contribution in [1.29, 1.82) is 0 Å². The number of ether oxygens (including phenoxy) is 1. The van der Waals surface area contributed by atoms with Gasteiger partial charge in [0.25, 0.3) is 0 Å². The van der Waals surface area contributed by atoms with Crippen molar-refractivity contribution in [3.63, 3.8) is 0 Å². The maximum absolute atomic E-state index is 5.86. The van der Waals surface area contributed by atoms with Crippen molar-refractivity contribution in [1.82, 2.24) is 4.98 Å². The lowest BCUT2D eigenvalue weighted by atomic mass is 10.1. The van der Waals surface area contributed by atoms with Crippen LogP contribution in [0.5, 0.6) is 5.88 Å². The van der Waals surface area contributed by atoms with Gasteiger partial charge in [-0.2, -0.15) is 0 Å². The summed E-state index contributed by atoms with van der Waals surface area (Å²) in [6, 6.07) is 13.8. The van der Waals surface area contributed by atoms with Crippen LogP contribution < -0.4 is 10.5 Å². The van der Waals surface area contributed by atoms with Crippen LogP contribution in [0.15, 0.2) is 42.5 Å². The molecule has 3 nitrogen and oxygen atoms in total. The number of anilines is 1. The van der Waals surface area contributed by atoms with Gasteiger partial charge in [-0.1, -0.05) is 43.7 Å². The van der Waals surface area contributed by atoms with E-state index in [1.165, 1.54) is 0 Å². The molecule has 0 saturated heterocycles. The highest BCUT2D eigenvalue weighted by molar-refractivity contribution is 5.63. The summed E-state index contributed by atoms with van der Waals surface area (Å²) >= 11 is 0. The molecule has 1 heterocycles. The lowest BCUT2D eigenvalue weighted by Gasteiger charge is -2.09. The molecule has 2 aromatic rings. The molecule has 2 N–H and O–H groups in total. The fourth-order valence-electron chi connectivity index (χ4n) is 1.65. The molecule has 0 bridgehead atoms. The Morgan fingerprint density at radius 2 is 1.89 bits per heavy atom. The SMILES string of the molecule is CCCCOc1nc(-c2ccccc2)ccc1N. The van der Waals surface area contributed by atoms with Crippen molar-refractivity contribution in [3.05, 3.63) is 42.5 Å². The van der Waals surface area contributed by atoms with E-state index in [2.05, 4.69) is 11.9 Å². The quantitative estimate of drug-likeness (QED) is 0.816. The summed E-state index contributed by atoms with van der Waals surface area (Å²) in [6.45, 7) is 2.78. The van der Waals surface area contributed by atoms with Crippen molar-refractivity contribution in [2.75, 3.05) is 12.3 Å². The molecule has 94 valence electrons. The van der Waals surface area contributed by atoms with Gasteiger partial charge in [0.1, 0.15) is 0 Å². The molecule has 0 aliphatic heterocycles. The zero-order valence-corrected chi connectivity index (χ0v) is 10.6. The van der Waals surface area contributed by atoms with Gasteiger partial charge in [0.05, 0.1) is 18.0 Å².